The number of para-hydroxylation sites is 2. The van der Waals surface area contributed by atoms with Crippen molar-refractivity contribution in [3.05, 3.63) is 100 Å². The minimum Gasteiger partial charge on any atom is -0.325 e. The van der Waals surface area contributed by atoms with Gasteiger partial charge in [-0.3, -0.25) is 9.59 Å². The van der Waals surface area contributed by atoms with Crippen LogP contribution in [0, 0.1) is 0 Å². The van der Waals surface area contributed by atoms with E-state index in [4.69, 9.17) is 0 Å². The standard InChI is InChI=1S/C23H19N3O2S/c27-21(15-29-23-25-20-13-7-5-11-18(20)22(28)26-23)24-19-12-6-4-10-17(19)14-16-8-2-1-3-9-16/h1-13H,14-15H2,(H,24,27)(H,25,26,28). The van der Waals surface area contributed by atoms with Crippen LogP contribution in [0.3, 0.4) is 0 Å². The molecule has 0 saturated heterocycles. The lowest BCUT2D eigenvalue weighted by Crippen LogP contribution is -2.16. The number of thioether (sulfide) groups is 1. The van der Waals surface area contributed by atoms with Crippen LogP contribution in [0.5, 0.6) is 0 Å². The number of nitrogens with one attached hydrogen (secondary N) is 2. The number of rotatable bonds is 6. The number of fused-ring (bicyclic) bond motifs is 1. The molecule has 0 fully saturated rings. The van der Waals surface area contributed by atoms with Gasteiger partial charge in [-0.25, -0.2) is 4.98 Å². The summed E-state index contributed by atoms with van der Waals surface area (Å²) in [6, 6.07) is 25.1. The van der Waals surface area contributed by atoms with Crippen LogP contribution in [-0.4, -0.2) is 21.6 Å². The van der Waals surface area contributed by atoms with Crippen molar-refractivity contribution in [2.45, 2.75) is 11.6 Å². The maximum Gasteiger partial charge on any atom is 0.259 e. The third-order valence-corrected chi connectivity index (χ3v) is 5.33. The summed E-state index contributed by atoms with van der Waals surface area (Å²) in [5.41, 5.74) is 3.44. The lowest BCUT2D eigenvalue weighted by atomic mass is 10.0. The van der Waals surface area contributed by atoms with Crippen molar-refractivity contribution < 1.29 is 4.79 Å². The van der Waals surface area contributed by atoms with Crippen molar-refractivity contribution in [2.75, 3.05) is 11.1 Å². The third-order valence-electron chi connectivity index (χ3n) is 4.46. The van der Waals surface area contributed by atoms with Gasteiger partial charge in [-0.2, -0.15) is 0 Å². The number of amides is 1. The first-order valence-electron chi connectivity index (χ1n) is 9.22. The van der Waals surface area contributed by atoms with E-state index in [0.717, 1.165) is 17.7 Å². The summed E-state index contributed by atoms with van der Waals surface area (Å²) in [4.78, 5) is 31.8. The molecule has 1 heterocycles. The first-order chi connectivity index (χ1) is 14.2. The second-order valence-corrected chi connectivity index (χ2v) is 7.51. The van der Waals surface area contributed by atoms with E-state index in [9.17, 15) is 9.59 Å². The molecule has 3 aromatic carbocycles. The van der Waals surface area contributed by atoms with E-state index in [0.29, 0.717) is 16.1 Å². The smallest absolute Gasteiger partial charge is 0.259 e. The predicted molar refractivity (Wildman–Crippen MR) is 117 cm³/mol. The van der Waals surface area contributed by atoms with Gasteiger partial charge >= 0.3 is 0 Å². The molecule has 0 aliphatic carbocycles. The first kappa shape index (κ1) is 19.0. The Hall–Kier alpha value is -3.38. The highest BCUT2D eigenvalue weighted by molar-refractivity contribution is 7.99. The lowest BCUT2D eigenvalue weighted by molar-refractivity contribution is -0.113. The molecule has 0 radical (unpaired) electrons. The zero-order valence-electron chi connectivity index (χ0n) is 15.6. The number of hydrogen-bond acceptors (Lipinski definition) is 4. The number of aromatic amines is 1. The molecule has 0 aliphatic heterocycles. The van der Waals surface area contributed by atoms with E-state index in [1.807, 2.05) is 48.5 Å². The fraction of sp³-hybridized carbons (Fsp3) is 0.0870. The minimum absolute atomic E-state index is 0.147. The molecule has 5 nitrogen and oxygen atoms in total. The average Bonchev–Trinajstić information content (AvgIpc) is 2.74. The Labute approximate surface area is 172 Å². The fourth-order valence-corrected chi connectivity index (χ4v) is 3.73. The number of carbonyl (C=O) groups excluding carboxylic acids is 1. The Morgan fingerprint density at radius 3 is 2.52 bits per heavy atom. The van der Waals surface area contributed by atoms with Crippen molar-refractivity contribution in [1.29, 1.82) is 0 Å². The van der Waals surface area contributed by atoms with E-state index in [1.54, 1.807) is 18.2 Å². The highest BCUT2D eigenvalue weighted by Crippen LogP contribution is 2.20. The van der Waals surface area contributed by atoms with Crippen LogP contribution in [0.25, 0.3) is 10.9 Å². The molecule has 0 saturated carbocycles. The highest BCUT2D eigenvalue weighted by Gasteiger charge is 2.10. The monoisotopic (exact) mass is 401 g/mol. The van der Waals surface area contributed by atoms with E-state index in [-0.39, 0.29) is 17.2 Å². The van der Waals surface area contributed by atoms with Crippen molar-refractivity contribution in [3.63, 3.8) is 0 Å². The molecule has 0 spiro atoms. The molecule has 0 bridgehead atoms. The summed E-state index contributed by atoms with van der Waals surface area (Å²) < 4.78 is 0. The molecule has 0 unspecified atom stereocenters. The molecule has 4 aromatic rings. The van der Waals surface area contributed by atoms with Gasteiger partial charge in [0.1, 0.15) is 0 Å². The number of anilines is 1. The minimum atomic E-state index is -0.202. The molecule has 29 heavy (non-hydrogen) atoms. The number of H-pyrrole nitrogens is 1. The third kappa shape index (κ3) is 4.73. The van der Waals surface area contributed by atoms with Crippen molar-refractivity contribution in [1.82, 2.24) is 9.97 Å². The molecular weight excluding hydrogens is 382 g/mol. The van der Waals surface area contributed by atoms with Crippen molar-refractivity contribution >= 4 is 34.3 Å². The fourth-order valence-electron chi connectivity index (χ4n) is 3.07. The van der Waals surface area contributed by atoms with Crippen LogP contribution in [0.1, 0.15) is 11.1 Å². The Morgan fingerprint density at radius 2 is 1.66 bits per heavy atom. The largest absolute Gasteiger partial charge is 0.325 e. The average molecular weight is 401 g/mol. The molecule has 0 aliphatic rings. The summed E-state index contributed by atoms with van der Waals surface area (Å²) in [6.45, 7) is 0. The topological polar surface area (TPSA) is 74.8 Å². The predicted octanol–water partition coefficient (Wildman–Crippen LogP) is 4.24. The molecular formula is C23H19N3O2S. The van der Waals surface area contributed by atoms with Gasteiger partial charge in [-0.05, 0) is 35.7 Å². The number of hydrogen-bond donors (Lipinski definition) is 2. The molecule has 4 rings (SSSR count). The zero-order chi connectivity index (χ0) is 20.1. The summed E-state index contributed by atoms with van der Waals surface area (Å²) in [6.07, 6.45) is 0.740. The number of carbonyl (C=O) groups is 1. The molecule has 0 atom stereocenters. The second kappa shape index (κ2) is 8.75. The number of benzene rings is 3. The van der Waals surface area contributed by atoms with Crippen LogP contribution < -0.4 is 10.9 Å². The van der Waals surface area contributed by atoms with E-state index in [2.05, 4.69) is 27.4 Å². The van der Waals surface area contributed by atoms with E-state index in [1.165, 1.54) is 17.3 Å². The summed E-state index contributed by atoms with van der Waals surface area (Å²) in [7, 11) is 0. The van der Waals surface area contributed by atoms with Crippen LogP contribution in [-0.2, 0) is 11.2 Å². The van der Waals surface area contributed by atoms with Gasteiger partial charge in [0.2, 0.25) is 5.91 Å². The van der Waals surface area contributed by atoms with Gasteiger partial charge in [0, 0.05) is 5.69 Å². The normalized spacial score (nSPS) is 10.8. The van der Waals surface area contributed by atoms with E-state index < -0.39 is 0 Å². The van der Waals surface area contributed by atoms with Gasteiger partial charge in [0.15, 0.2) is 5.16 Å². The highest BCUT2D eigenvalue weighted by atomic mass is 32.2. The van der Waals surface area contributed by atoms with Crippen molar-refractivity contribution in [3.8, 4) is 0 Å². The summed E-state index contributed by atoms with van der Waals surface area (Å²) in [5, 5.41) is 3.94. The number of nitrogens with zero attached hydrogens (tertiary/aromatic N) is 1. The first-order valence-corrected chi connectivity index (χ1v) is 10.2. The maximum atomic E-state index is 12.5. The molecule has 1 aromatic heterocycles. The quantitative estimate of drug-likeness (QED) is 0.374. The summed E-state index contributed by atoms with van der Waals surface area (Å²) >= 11 is 1.21. The maximum absolute atomic E-state index is 12.5. The Kier molecular flexibility index (Phi) is 5.72. The molecule has 1 amide bonds. The van der Waals surface area contributed by atoms with Crippen LogP contribution >= 0.6 is 11.8 Å². The Balaban J connectivity index is 1.44. The van der Waals surface area contributed by atoms with Crippen LogP contribution in [0.2, 0.25) is 0 Å². The van der Waals surface area contributed by atoms with Gasteiger partial charge in [0.25, 0.3) is 5.56 Å². The summed E-state index contributed by atoms with van der Waals surface area (Å²) in [5.74, 6) is 0.00680. The molecule has 6 heteroatoms. The van der Waals surface area contributed by atoms with Gasteiger partial charge < -0.3 is 10.3 Å². The van der Waals surface area contributed by atoms with Gasteiger partial charge in [0.05, 0.1) is 16.7 Å². The zero-order valence-corrected chi connectivity index (χ0v) is 16.4. The van der Waals surface area contributed by atoms with Crippen molar-refractivity contribution in [2.24, 2.45) is 0 Å². The lowest BCUT2D eigenvalue weighted by Gasteiger charge is -2.11. The molecule has 2 N–H and O–H groups in total. The Morgan fingerprint density at radius 1 is 0.931 bits per heavy atom. The Bertz CT molecular complexity index is 1210. The van der Waals surface area contributed by atoms with Gasteiger partial charge in [-0.1, -0.05) is 72.4 Å². The second-order valence-electron chi connectivity index (χ2n) is 6.54. The molecule has 144 valence electrons. The van der Waals surface area contributed by atoms with Gasteiger partial charge in [-0.15, -0.1) is 0 Å². The van der Waals surface area contributed by atoms with Crippen LogP contribution in [0.15, 0.2) is 88.8 Å². The number of aromatic nitrogens is 2. The van der Waals surface area contributed by atoms with E-state index >= 15 is 0 Å². The van der Waals surface area contributed by atoms with Crippen LogP contribution in [0.4, 0.5) is 5.69 Å². The SMILES string of the molecule is O=C(CSc1nc2ccccc2c(=O)[nH]1)Nc1ccccc1Cc1ccccc1.